The number of nitrogens with one attached hydrogen (secondary N) is 2. The van der Waals surface area contributed by atoms with E-state index in [2.05, 4.69) is 20.4 Å². The van der Waals surface area contributed by atoms with Crippen molar-refractivity contribution in [1.29, 1.82) is 0 Å². The number of rotatable bonds is 6. The molecule has 156 valence electrons. The Balaban J connectivity index is 1.40. The molecule has 4 rings (SSSR count). The number of anilines is 1. The number of halogens is 1. The van der Waals surface area contributed by atoms with Crippen molar-refractivity contribution in [2.75, 3.05) is 32.2 Å². The molecule has 1 fully saturated rings. The van der Waals surface area contributed by atoms with Crippen LogP contribution in [0.3, 0.4) is 0 Å². The van der Waals surface area contributed by atoms with Gasteiger partial charge in [-0.15, -0.1) is 0 Å². The molecular weight excluding hydrogens is 387 g/mol. The zero-order valence-electron chi connectivity index (χ0n) is 16.8. The molecule has 1 atom stereocenters. The summed E-state index contributed by atoms with van der Waals surface area (Å²) >= 11 is 0. The minimum atomic E-state index is -0.273. The molecule has 2 aromatic carbocycles. The molecule has 0 spiro atoms. The number of aromatic amines is 1. The second-order valence-corrected chi connectivity index (χ2v) is 7.15. The Kier molecular flexibility index (Phi) is 5.56. The first-order valence-corrected chi connectivity index (χ1v) is 9.66. The number of amides is 1. The summed E-state index contributed by atoms with van der Waals surface area (Å²) in [7, 11) is 3.10. The maximum Gasteiger partial charge on any atom is 0.251 e. The van der Waals surface area contributed by atoms with Crippen LogP contribution in [0.5, 0.6) is 11.5 Å². The second-order valence-electron chi connectivity index (χ2n) is 7.15. The van der Waals surface area contributed by atoms with Crippen molar-refractivity contribution < 1.29 is 18.7 Å². The Bertz CT molecular complexity index is 1010. The van der Waals surface area contributed by atoms with Gasteiger partial charge in [-0.2, -0.15) is 5.10 Å². The number of methoxy groups -OCH3 is 2. The van der Waals surface area contributed by atoms with E-state index < -0.39 is 0 Å². The number of ether oxygens (including phenoxy) is 2. The Morgan fingerprint density at radius 3 is 2.50 bits per heavy atom. The van der Waals surface area contributed by atoms with Gasteiger partial charge in [-0.25, -0.2) is 4.39 Å². The van der Waals surface area contributed by atoms with Gasteiger partial charge < -0.3 is 19.7 Å². The predicted octanol–water partition coefficient (Wildman–Crippen LogP) is 3.24. The van der Waals surface area contributed by atoms with E-state index in [0.29, 0.717) is 23.6 Å². The van der Waals surface area contributed by atoms with Crippen molar-refractivity contribution in [3.63, 3.8) is 0 Å². The highest BCUT2D eigenvalue weighted by Crippen LogP contribution is 2.26. The van der Waals surface area contributed by atoms with Gasteiger partial charge >= 0.3 is 0 Å². The van der Waals surface area contributed by atoms with Crippen LogP contribution in [-0.2, 0) is 0 Å². The average Bonchev–Trinajstić information content (AvgIpc) is 3.43. The minimum Gasteiger partial charge on any atom is -0.497 e. The van der Waals surface area contributed by atoms with Crippen molar-refractivity contribution >= 4 is 11.7 Å². The number of carbonyl (C=O) groups excluding carboxylic acids is 1. The number of aromatic nitrogens is 2. The SMILES string of the molecule is COc1cc(OC)cc(C(=O)N[C@H]2CCN(c3cc(-c4ccc(F)cc4)[nH]n3)C2)c1. The Hall–Kier alpha value is -3.55. The predicted molar refractivity (Wildman–Crippen MR) is 112 cm³/mol. The van der Waals surface area contributed by atoms with Crippen LogP contribution in [0.15, 0.2) is 48.5 Å². The molecule has 1 aromatic heterocycles. The molecule has 1 aliphatic rings. The van der Waals surface area contributed by atoms with E-state index in [4.69, 9.17) is 9.47 Å². The molecule has 0 saturated carbocycles. The second kappa shape index (κ2) is 8.44. The van der Waals surface area contributed by atoms with Crippen molar-refractivity contribution in [1.82, 2.24) is 15.5 Å². The number of H-pyrrole nitrogens is 1. The third kappa shape index (κ3) is 4.22. The summed E-state index contributed by atoms with van der Waals surface area (Å²) in [5, 5.41) is 10.4. The summed E-state index contributed by atoms with van der Waals surface area (Å²) in [5.41, 5.74) is 2.18. The minimum absolute atomic E-state index is 0.000618. The van der Waals surface area contributed by atoms with Gasteiger partial charge in [0, 0.05) is 36.8 Å². The summed E-state index contributed by atoms with van der Waals surface area (Å²) in [6, 6.07) is 13.3. The van der Waals surface area contributed by atoms with Crippen LogP contribution in [-0.4, -0.2) is 49.5 Å². The number of benzene rings is 2. The molecule has 7 nitrogen and oxygen atoms in total. The lowest BCUT2D eigenvalue weighted by atomic mass is 10.1. The van der Waals surface area contributed by atoms with Crippen molar-refractivity contribution in [3.05, 3.63) is 59.9 Å². The third-order valence-corrected chi connectivity index (χ3v) is 5.18. The summed E-state index contributed by atoms with van der Waals surface area (Å²) in [6.07, 6.45) is 0.811. The molecule has 8 heteroatoms. The highest BCUT2D eigenvalue weighted by Gasteiger charge is 2.26. The Morgan fingerprint density at radius 2 is 1.83 bits per heavy atom. The van der Waals surface area contributed by atoms with Crippen LogP contribution in [0.4, 0.5) is 10.2 Å². The summed E-state index contributed by atoms with van der Waals surface area (Å²) in [5.74, 6) is 1.49. The normalized spacial score (nSPS) is 15.8. The van der Waals surface area contributed by atoms with Crippen LogP contribution in [0.1, 0.15) is 16.8 Å². The number of nitrogens with zero attached hydrogens (tertiary/aromatic N) is 2. The van der Waals surface area contributed by atoms with E-state index in [-0.39, 0.29) is 17.8 Å². The number of carbonyl (C=O) groups is 1. The lowest BCUT2D eigenvalue weighted by Crippen LogP contribution is -2.37. The topological polar surface area (TPSA) is 79.5 Å². The first-order valence-electron chi connectivity index (χ1n) is 9.66. The number of hydrogen-bond donors (Lipinski definition) is 2. The monoisotopic (exact) mass is 410 g/mol. The summed E-state index contributed by atoms with van der Waals surface area (Å²) in [4.78, 5) is 14.8. The van der Waals surface area contributed by atoms with E-state index in [1.54, 1.807) is 44.6 Å². The molecule has 0 aliphatic carbocycles. The fourth-order valence-electron chi connectivity index (χ4n) is 3.54. The molecule has 2 N–H and O–H groups in total. The molecular formula is C22H23FN4O3. The van der Waals surface area contributed by atoms with Gasteiger partial charge in [-0.3, -0.25) is 9.89 Å². The maximum atomic E-state index is 13.1. The molecule has 30 heavy (non-hydrogen) atoms. The zero-order valence-corrected chi connectivity index (χ0v) is 16.8. The Labute approximate surface area is 173 Å². The van der Waals surface area contributed by atoms with Crippen LogP contribution in [0.25, 0.3) is 11.3 Å². The zero-order chi connectivity index (χ0) is 21.1. The lowest BCUT2D eigenvalue weighted by Gasteiger charge is -2.16. The molecule has 1 amide bonds. The Morgan fingerprint density at radius 1 is 1.13 bits per heavy atom. The smallest absolute Gasteiger partial charge is 0.251 e. The fraction of sp³-hybridized carbons (Fsp3) is 0.273. The highest BCUT2D eigenvalue weighted by atomic mass is 19.1. The van der Waals surface area contributed by atoms with Gasteiger partial charge in [0.25, 0.3) is 5.91 Å². The molecule has 1 saturated heterocycles. The van der Waals surface area contributed by atoms with E-state index in [9.17, 15) is 9.18 Å². The fourth-order valence-corrected chi connectivity index (χ4v) is 3.54. The standard InChI is InChI=1S/C22H23FN4O3/c1-29-18-9-15(10-19(11-18)30-2)22(28)24-17-7-8-27(13-17)21-12-20(25-26-21)14-3-5-16(23)6-4-14/h3-6,9-12,17H,7-8,13H2,1-2H3,(H,24,28)(H,25,26)/t17-/m0/s1. The van der Waals surface area contributed by atoms with Crippen LogP contribution >= 0.6 is 0 Å². The van der Waals surface area contributed by atoms with Crippen molar-refractivity contribution in [2.24, 2.45) is 0 Å². The van der Waals surface area contributed by atoms with Gasteiger partial charge in [0.15, 0.2) is 5.82 Å². The quantitative estimate of drug-likeness (QED) is 0.652. The molecule has 0 bridgehead atoms. The molecule has 3 aromatic rings. The molecule has 0 radical (unpaired) electrons. The molecule has 0 unspecified atom stereocenters. The maximum absolute atomic E-state index is 13.1. The van der Waals surface area contributed by atoms with Gasteiger partial charge in [0.2, 0.25) is 0 Å². The van der Waals surface area contributed by atoms with Crippen LogP contribution < -0.4 is 19.7 Å². The highest BCUT2D eigenvalue weighted by molar-refractivity contribution is 5.95. The van der Waals surface area contributed by atoms with Crippen molar-refractivity contribution in [3.8, 4) is 22.8 Å². The molecule has 2 heterocycles. The van der Waals surface area contributed by atoms with Gasteiger partial charge in [-0.1, -0.05) is 0 Å². The van der Waals surface area contributed by atoms with Crippen LogP contribution in [0.2, 0.25) is 0 Å². The number of hydrogen-bond acceptors (Lipinski definition) is 5. The third-order valence-electron chi connectivity index (χ3n) is 5.18. The first-order chi connectivity index (χ1) is 14.6. The van der Waals surface area contributed by atoms with Crippen molar-refractivity contribution in [2.45, 2.75) is 12.5 Å². The van der Waals surface area contributed by atoms with Gasteiger partial charge in [-0.05, 0) is 48.4 Å². The van der Waals surface area contributed by atoms with E-state index >= 15 is 0 Å². The van der Waals surface area contributed by atoms with E-state index in [0.717, 1.165) is 30.0 Å². The summed E-state index contributed by atoms with van der Waals surface area (Å²) in [6.45, 7) is 1.43. The van der Waals surface area contributed by atoms with Gasteiger partial charge in [0.1, 0.15) is 17.3 Å². The molecule has 1 aliphatic heterocycles. The lowest BCUT2D eigenvalue weighted by molar-refractivity contribution is 0.0939. The van der Waals surface area contributed by atoms with Crippen LogP contribution in [0, 0.1) is 5.82 Å². The summed E-state index contributed by atoms with van der Waals surface area (Å²) < 4.78 is 23.6. The average molecular weight is 410 g/mol. The largest absolute Gasteiger partial charge is 0.497 e. The van der Waals surface area contributed by atoms with E-state index in [1.165, 1.54) is 12.1 Å². The van der Waals surface area contributed by atoms with E-state index in [1.807, 2.05) is 6.07 Å². The first kappa shape index (κ1) is 19.8. The van der Waals surface area contributed by atoms with Gasteiger partial charge in [0.05, 0.1) is 19.9 Å².